The molecule has 0 amide bonds. The van der Waals surface area contributed by atoms with E-state index in [1.54, 1.807) is 0 Å². The van der Waals surface area contributed by atoms with Crippen LogP contribution >= 0.6 is 0 Å². The van der Waals surface area contributed by atoms with E-state index in [-0.39, 0.29) is 28.6 Å². The number of hydrogen-bond donors (Lipinski definition) is 0. The Kier molecular flexibility index (Phi) is 4.85. The van der Waals surface area contributed by atoms with Gasteiger partial charge in [-0.2, -0.15) is 0 Å². The van der Waals surface area contributed by atoms with Gasteiger partial charge in [0, 0.05) is 6.26 Å². The predicted molar refractivity (Wildman–Crippen MR) is 78.7 cm³/mol. The van der Waals surface area contributed by atoms with Crippen LogP contribution < -0.4 is 0 Å². The Morgan fingerprint density at radius 2 is 1.78 bits per heavy atom. The highest BCUT2D eigenvalue weighted by Gasteiger charge is 2.20. The lowest BCUT2D eigenvalue weighted by Gasteiger charge is -2.07. The van der Waals surface area contributed by atoms with Crippen molar-refractivity contribution in [2.75, 3.05) is 13.4 Å². The predicted octanol–water partition coefficient (Wildman–Crippen LogP) is 1.83. The first-order valence-electron chi connectivity index (χ1n) is 6.46. The highest BCUT2D eigenvalue weighted by Crippen LogP contribution is 2.17. The van der Waals surface area contributed by atoms with Crippen LogP contribution in [0.1, 0.15) is 26.7 Å². The van der Waals surface area contributed by atoms with Gasteiger partial charge in [-0.15, -0.1) is 0 Å². The highest BCUT2D eigenvalue weighted by atomic mass is 32.2. The SMILES string of the molecule is COC(=O)c1ccc(COC(=O)c2ccccc2S(C)(=O)=O)o1. The van der Waals surface area contributed by atoms with Crippen molar-refractivity contribution in [2.24, 2.45) is 0 Å². The van der Waals surface area contributed by atoms with Gasteiger partial charge in [0.05, 0.1) is 17.6 Å². The molecule has 8 heteroatoms. The average molecular weight is 338 g/mol. The molecule has 23 heavy (non-hydrogen) atoms. The molecule has 0 spiro atoms. The normalized spacial score (nSPS) is 11.0. The number of sulfone groups is 1. The number of carbonyl (C=O) groups is 2. The average Bonchev–Trinajstić information content (AvgIpc) is 3.00. The van der Waals surface area contributed by atoms with Crippen LogP contribution in [0, 0.1) is 0 Å². The van der Waals surface area contributed by atoms with E-state index in [4.69, 9.17) is 9.15 Å². The summed E-state index contributed by atoms with van der Waals surface area (Å²) in [5.74, 6) is -1.24. The zero-order valence-corrected chi connectivity index (χ0v) is 13.3. The van der Waals surface area contributed by atoms with Crippen LogP contribution in [0.4, 0.5) is 0 Å². The van der Waals surface area contributed by atoms with Gasteiger partial charge in [-0.3, -0.25) is 0 Å². The second-order valence-electron chi connectivity index (χ2n) is 4.60. The molecule has 2 rings (SSSR count). The van der Waals surface area contributed by atoms with Crippen LogP contribution in [0.15, 0.2) is 45.7 Å². The summed E-state index contributed by atoms with van der Waals surface area (Å²) < 4.78 is 38.0. The van der Waals surface area contributed by atoms with Crippen LogP contribution in [0.5, 0.6) is 0 Å². The summed E-state index contributed by atoms with van der Waals surface area (Å²) in [7, 11) is -2.34. The summed E-state index contributed by atoms with van der Waals surface area (Å²) in [6.45, 7) is -0.242. The number of furan rings is 1. The lowest BCUT2D eigenvalue weighted by molar-refractivity contribution is 0.0434. The summed E-state index contributed by atoms with van der Waals surface area (Å²) in [5.41, 5.74) is -0.0604. The van der Waals surface area contributed by atoms with Gasteiger partial charge >= 0.3 is 11.9 Å². The molecule has 2 aromatic rings. The summed E-state index contributed by atoms with van der Waals surface area (Å²) in [6.07, 6.45) is 1.01. The van der Waals surface area contributed by atoms with Gasteiger partial charge < -0.3 is 13.9 Å². The first kappa shape index (κ1) is 16.8. The third-order valence-corrected chi connectivity index (χ3v) is 4.06. The molecule has 0 unspecified atom stereocenters. The molecule has 0 aliphatic heterocycles. The van der Waals surface area contributed by atoms with Crippen molar-refractivity contribution < 1.29 is 31.9 Å². The first-order chi connectivity index (χ1) is 10.8. The second kappa shape index (κ2) is 6.66. The standard InChI is InChI=1S/C15H14O7S/c1-20-15(17)12-8-7-10(22-12)9-21-14(16)11-5-3-4-6-13(11)23(2,18)19/h3-8H,9H2,1-2H3. The minimum Gasteiger partial charge on any atom is -0.463 e. The van der Waals surface area contributed by atoms with Gasteiger partial charge in [0.2, 0.25) is 5.76 Å². The van der Waals surface area contributed by atoms with Gasteiger partial charge in [0.25, 0.3) is 0 Å². The highest BCUT2D eigenvalue weighted by molar-refractivity contribution is 7.90. The van der Waals surface area contributed by atoms with Crippen LogP contribution in [0.3, 0.4) is 0 Å². The van der Waals surface area contributed by atoms with Crippen LogP contribution in [0.25, 0.3) is 0 Å². The van der Waals surface area contributed by atoms with Gasteiger partial charge in [0.15, 0.2) is 9.84 Å². The molecule has 1 heterocycles. The van der Waals surface area contributed by atoms with Crippen molar-refractivity contribution in [1.82, 2.24) is 0 Å². The van der Waals surface area contributed by atoms with E-state index in [2.05, 4.69) is 4.74 Å². The quantitative estimate of drug-likeness (QED) is 0.767. The fourth-order valence-corrected chi connectivity index (χ4v) is 2.72. The minimum atomic E-state index is -3.56. The zero-order valence-electron chi connectivity index (χ0n) is 12.4. The molecule has 122 valence electrons. The minimum absolute atomic E-state index is 0.0184. The number of benzene rings is 1. The Hall–Kier alpha value is -2.61. The number of esters is 2. The van der Waals surface area contributed by atoms with E-state index in [0.717, 1.165) is 6.26 Å². The van der Waals surface area contributed by atoms with E-state index in [1.807, 2.05) is 0 Å². The molecule has 0 atom stereocenters. The number of rotatable bonds is 5. The van der Waals surface area contributed by atoms with Gasteiger partial charge in [-0.25, -0.2) is 18.0 Å². The molecule has 0 bridgehead atoms. The Labute approximate surface area is 132 Å². The molecule has 0 radical (unpaired) electrons. The maximum Gasteiger partial charge on any atom is 0.373 e. The maximum absolute atomic E-state index is 12.1. The van der Waals surface area contributed by atoms with Crippen molar-refractivity contribution in [3.05, 3.63) is 53.5 Å². The zero-order chi connectivity index (χ0) is 17.0. The van der Waals surface area contributed by atoms with Crippen LogP contribution in [-0.2, 0) is 25.9 Å². The van der Waals surface area contributed by atoms with Crippen molar-refractivity contribution in [3.63, 3.8) is 0 Å². The third kappa shape index (κ3) is 3.98. The monoisotopic (exact) mass is 338 g/mol. The third-order valence-electron chi connectivity index (χ3n) is 2.90. The van der Waals surface area contributed by atoms with Crippen LogP contribution in [-0.4, -0.2) is 33.7 Å². The number of hydrogen-bond acceptors (Lipinski definition) is 7. The van der Waals surface area contributed by atoms with Gasteiger partial charge in [0.1, 0.15) is 12.4 Å². The molecule has 1 aromatic carbocycles. The van der Waals surface area contributed by atoms with E-state index >= 15 is 0 Å². The Morgan fingerprint density at radius 1 is 1.09 bits per heavy atom. The lowest BCUT2D eigenvalue weighted by Crippen LogP contribution is -2.11. The molecule has 7 nitrogen and oxygen atoms in total. The van der Waals surface area contributed by atoms with Crippen molar-refractivity contribution in [2.45, 2.75) is 11.5 Å². The van der Waals surface area contributed by atoms with E-state index in [0.29, 0.717) is 0 Å². The summed E-state index contributed by atoms with van der Waals surface area (Å²) in [5, 5.41) is 0. The molecule has 1 aromatic heterocycles. The maximum atomic E-state index is 12.1. The summed E-state index contributed by atoms with van der Waals surface area (Å²) in [4.78, 5) is 23.2. The van der Waals surface area contributed by atoms with E-state index in [1.165, 1.54) is 43.5 Å². The number of ether oxygens (including phenoxy) is 2. The first-order valence-corrected chi connectivity index (χ1v) is 8.35. The topological polar surface area (TPSA) is 99.9 Å². The summed E-state index contributed by atoms with van der Waals surface area (Å²) in [6, 6.07) is 8.59. The van der Waals surface area contributed by atoms with Gasteiger partial charge in [-0.1, -0.05) is 12.1 Å². The largest absolute Gasteiger partial charge is 0.463 e. The van der Waals surface area contributed by atoms with E-state index < -0.39 is 21.8 Å². The molecule has 0 saturated carbocycles. The van der Waals surface area contributed by atoms with Crippen molar-refractivity contribution in [3.8, 4) is 0 Å². The van der Waals surface area contributed by atoms with Crippen LogP contribution in [0.2, 0.25) is 0 Å². The Morgan fingerprint density at radius 3 is 2.43 bits per heavy atom. The molecule has 0 N–H and O–H groups in total. The fraction of sp³-hybridized carbons (Fsp3) is 0.200. The smallest absolute Gasteiger partial charge is 0.373 e. The van der Waals surface area contributed by atoms with E-state index in [9.17, 15) is 18.0 Å². The van der Waals surface area contributed by atoms with Crippen molar-refractivity contribution >= 4 is 21.8 Å². The molecular formula is C15H14O7S. The number of carbonyl (C=O) groups excluding carboxylic acids is 2. The Balaban J connectivity index is 2.12. The molecule has 0 fully saturated rings. The lowest BCUT2D eigenvalue weighted by atomic mass is 10.2. The molecule has 0 aliphatic rings. The molecule has 0 aliphatic carbocycles. The Bertz CT molecular complexity index is 833. The van der Waals surface area contributed by atoms with Gasteiger partial charge in [-0.05, 0) is 24.3 Å². The van der Waals surface area contributed by atoms with Crippen molar-refractivity contribution in [1.29, 1.82) is 0 Å². The molecular weight excluding hydrogens is 324 g/mol. The second-order valence-corrected chi connectivity index (χ2v) is 6.59. The fourth-order valence-electron chi connectivity index (χ4n) is 1.84. The summed E-state index contributed by atoms with van der Waals surface area (Å²) >= 11 is 0. The number of methoxy groups -OCH3 is 1. The molecule has 0 saturated heterocycles.